The molecule has 1 atom stereocenters. The van der Waals surface area contributed by atoms with Crippen LogP contribution in [0, 0.1) is 18.3 Å². The zero-order valence-corrected chi connectivity index (χ0v) is 14.4. The van der Waals surface area contributed by atoms with Gasteiger partial charge in [-0.3, -0.25) is 9.59 Å². The van der Waals surface area contributed by atoms with Crippen molar-refractivity contribution < 1.29 is 14.5 Å². The summed E-state index contributed by atoms with van der Waals surface area (Å²) >= 11 is 0. The van der Waals surface area contributed by atoms with Crippen LogP contribution in [-0.4, -0.2) is 49.4 Å². The van der Waals surface area contributed by atoms with E-state index in [4.69, 9.17) is 5.26 Å². The molecule has 1 rings (SSSR count). The van der Waals surface area contributed by atoms with E-state index in [0.29, 0.717) is 0 Å². The molecule has 23 heavy (non-hydrogen) atoms. The van der Waals surface area contributed by atoms with Crippen molar-refractivity contribution in [3.05, 3.63) is 29.8 Å². The predicted octanol–water partition coefficient (Wildman–Crippen LogP) is 0.209. The Bertz CT molecular complexity index is 602. The summed E-state index contributed by atoms with van der Waals surface area (Å²) in [5.41, 5.74) is 1.00. The molecule has 0 saturated carbocycles. The lowest BCUT2D eigenvalue weighted by atomic mass is 10.1. The fourth-order valence-electron chi connectivity index (χ4n) is 1.94. The Morgan fingerprint density at radius 3 is 2.35 bits per heavy atom. The molecule has 1 aromatic rings. The standard InChI is InChI=1S/C17H24N4O2/c1-13-6-8-14(9-7-13)19-15(22)10-20(4)11-16(23)21(5)17(2,3)12-18/h6-9H,10-11H2,1-5H3,(H,19,22)/p+1. The Labute approximate surface area is 137 Å². The molecule has 0 saturated heterocycles. The van der Waals surface area contributed by atoms with Gasteiger partial charge < -0.3 is 15.1 Å². The zero-order valence-electron chi connectivity index (χ0n) is 14.4. The van der Waals surface area contributed by atoms with Gasteiger partial charge in [0.2, 0.25) is 0 Å². The maximum Gasteiger partial charge on any atom is 0.279 e. The van der Waals surface area contributed by atoms with E-state index in [1.54, 1.807) is 27.9 Å². The molecule has 1 aromatic carbocycles. The maximum absolute atomic E-state index is 12.2. The number of hydrogen-bond donors (Lipinski definition) is 2. The van der Waals surface area contributed by atoms with Crippen molar-refractivity contribution in [2.45, 2.75) is 26.3 Å². The van der Waals surface area contributed by atoms with Crippen LogP contribution in [0.4, 0.5) is 5.69 Å². The number of nitrogens with zero attached hydrogens (tertiary/aromatic N) is 2. The van der Waals surface area contributed by atoms with Gasteiger partial charge in [-0.1, -0.05) is 17.7 Å². The first-order chi connectivity index (χ1) is 10.7. The highest BCUT2D eigenvalue weighted by Gasteiger charge is 2.29. The molecule has 0 radical (unpaired) electrons. The number of hydrogen-bond acceptors (Lipinski definition) is 3. The smallest absolute Gasteiger partial charge is 0.279 e. The minimum atomic E-state index is -0.860. The number of aryl methyl sites for hydroxylation is 1. The number of carbonyl (C=O) groups excluding carboxylic acids is 2. The lowest BCUT2D eigenvalue weighted by Crippen LogP contribution is -3.11. The van der Waals surface area contributed by atoms with Crippen LogP contribution in [0.5, 0.6) is 0 Å². The molecular formula is C17H25N4O2+. The molecule has 0 spiro atoms. The van der Waals surface area contributed by atoms with Crippen molar-refractivity contribution in [1.29, 1.82) is 5.26 Å². The van der Waals surface area contributed by atoms with Gasteiger partial charge in [0.05, 0.1) is 13.1 Å². The third kappa shape index (κ3) is 5.72. The fraction of sp³-hybridized carbons (Fsp3) is 0.471. The van der Waals surface area contributed by atoms with Gasteiger partial charge >= 0.3 is 0 Å². The molecule has 0 aliphatic heterocycles. The first-order valence-electron chi connectivity index (χ1n) is 7.51. The number of likely N-dealkylation sites (N-methyl/N-ethyl adjacent to an activating group) is 2. The number of nitriles is 1. The third-order valence-corrected chi connectivity index (χ3v) is 3.74. The van der Waals surface area contributed by atoms with Crippen molar-refractivity contribution in [2.75, 3.05) is 32.5 Å². The highest BCUT2D eigenvalue weighted by Crippen LogP contribution is 2.10. The molecule has 2 N–H and O–H groups in total. The maximum atomic E-state index is 12.2. The van der Waals surface area contributed by atoms with Crippen LogP contribution in [0.15, 0.2) is 24.3 Å². The van der Waals surface area contributed by atoms with E-state index in [1.165, 1.54) is 4.90 Å². The quantitative estimate of drug-likeness (QED) is 0.787. The van der Waals surface area contributed by atoms with E-state index < -0.39 is 5.54 Å². The molecule has 124 valence electrons. The van der Waals surface area contributed by atoms with Gasteiger partial charge in [0.15, 0.2) is 13.1 Å². The number of quaternary nitrogens is 1. The number of carbonyl (C=O) groups is 2. The molecule has 0 aromatic heterocycles. The first kappa shape index (κ1) is 18.7. The second-order valence-electron chi connectivity index (χ2n) is 6.35. The van der Waals surface area contributed by atoms with Gasteiger partial charge in [0, 0.05) is 12.7 Å². The van der Waals surface area contributed by atoms with Gasteiger partial charge in [0.25, 0.3) is 11.8 Å². The van der Waals surface area contributed by atoms with Gasteiger partial charge in [-0.2, -0.15) is 5.26 Å². The van der Waals surface area contributed by atoms with Gasteiger partial charge in [0.1, 0.15) is 5.54 Å². The molecule has 0 heterocycles. The summed E-state index contributed by atoms with van der Waals surface area (Å²) < 4.78 is 0. The normalized spacial score (nSPS) is 12.2. The summed E-state index contributed by atoms with van der Waals surface area (Å²) in [5.74, 6) is -0.321. The molecule has 0 aliphatic carbocycles. The van der Waals surface area contributed by atoms with E-state index in [-0.39, 0.29) is 24.9 Å². The molecule has 6 heteroatoms. The molecule has 6 nitrogen and oxygen atoms in total. The predicted molar refractivity (Wildman–Crippen MR) is 88.9 cm³/mol. The lowest BCUT2D eigenvalue weighted by molar-refractivity contribution is -0.862. The van der Waals surface area contributed by atoms with E-state index >= 15 is 0 Å². The van der Waals surface area contributed by atoms with Crippen molar-refractivity contribution in [3.63, 3.8) is 0 Å². The Hall–Kier alpha value is -2.39. The van der Waals surface area contributed by atoms with E-state index in [2.05, 4.69) is 11.4 Å². The van der Waals surface area contributed by atoms with Crippen LogP contribution >= 0.6 is 0 Å². The molecule has 0 aliphatic rings. The largest absolute Gasteiger partial charge is 0.323 e. The van der Waals surface area contributed by atoms with Gasteiger partial charge in [-0.05, 0) is 32.9 Å². The van der Waals surface area contributed by atoms with Gasteiger partial charge in [-0.25, -0.2) is 0 Å². The number of benzene rings is 1. The summed E-state index contributed by atoms with van der Waals surface area (Å²) in [7, 11) is 3.38. The summed E-state index contributed by atoms with van der Waals surface area (Å²) in [6, 6.07) is 9.63. The van der Waals surface area contributed by atoms with E-state index in [1.807, 2.05) is 31.2 Å². The molecular weight excluding hydrogens is 292 g/mol. The van der Waals surface area contributed by atoms with Crippen LogP contribution in [0.25, 0.3) is 0 Å². The Balaban J connectivity index is 2.51. The Kier molecular flexibility index (Phi) is 6.28. The monoisotopic (exact) mass is 317 g/mol. The molecule has 2 amide bonds. The number of rotatable bonds is 6. The van der Waals surface area contributed by atoms with Crippen molar-refractivity contribution >= 4 is 17.5 Å². The SMILES string of the molecule is Cc1ccc(NC(=O)C[NH+](C)CC(=O)N(C)C(C)(C)C#N)cc1. The minimum absolute atomic E-state index is 0.152. The highest BCUT2D eigenvalue weighted by molar-refractivity contribution is 5.91. The number of amides is 2. The van der Waals surface area contributed by atoms with Crippen LogP contribution in [0.1, 0.15) is 19.4 Å². The summed E-state index contributed by atoms with van der Waals surface area (Å²) in [4.78, 5) is 26.3. The summed E-state index contributed by atoms with van der Waals surface area (Å²) in [6.07, 6.45) is 0. The fourth-order valence-corrected chi connectivity index (χ4v) is 1.94. The van der Waals surface area contributed by atoms with Crippen LogP contribution in [0.3, 0.4) is 0 Å². The third-order valence-electron chi connectivity index (χ3n) is 3.74. The average molecular weight is 317 g/mol. The van der Waals surface area contributed by atoms with Crippen molar-refractivity contribution in [3.8, 4) is 6.07 Å². The second kappa shape index (κ2) is 7.75. The topological polar surface area (TPSA) is 77.6 Å². The molecule has 0 bridgehead atoms. The minimum Gasteiger partial charge on any atom is -0.323 e. The zero-order chi connectivity index (χ0) is 17.6. The second-order valence-corrected chi connectivity index (χ2v) is 6.35. The van der Waals surface area contributed by atoms with E-state index in [0.717, 1.165) is 16.2 Å². The number of nitrogens with one attached hydrogen (secondary N) is 2. The Morgan fingerprint density at radius 1 is 1.26 bits per heavy atom. The first-order valence-corrected chi connectivity index (χ1v) is 7.51. The molecule has 0 fully saturated rings. The van der Waals surface area contributed by atoms with E-state index in [9.17, 15) is 9.59 Å². The highest BCUT2D eigenvalue weighted by atomic mass is 16.2. The summed E-state index contributed by atoms with van der Waals surface area (Å²) in [6.45, 7) is 5.69. The van der Waals surface area contributed by atoms with Crippen molar-refractivity contribution in [2.24, 2.45) is 0 Å². The summed E-state index contributed by atoms with van der Waals surface area (Å²) in [5, 5.41) is 11.9. The van der Waals surface area contributed by atoms with Crippen LogP contribution < -0.4 is 10.2 Å². The van der Waals surface area contributed by atoms with Crippen molar-refractivity contribution in [1.82, 2.24) is 4.90 Å². The van der Waals surface area contributed by atoms with Gasteiger partial charge in [-0.15, -0.1) is 0 Å². The molecule has 1 unspecified atom stereocenters. The van der Waals surface area contributed by atoms with Crippen LogP contribution in [0.2, 0.25) is 0 Å². The number of anilines is 1. The average Bonchev–Trinajstić information content (AvgIpc) is 2.48. The van der Waals surface area contributed by atoms with Crippen LogP contribution in [-0.2, 0) is 9.59 Å². The lowest BCUT2D eigenvalue weighted by Gasteiger charge is -2.29. The Morgan fingerprint density at radius 2 is 1.83 bits per heavy atom.